The highest BCUT2D eigenvalue weighted by Crippen LogP contribution is 2.29. The maximum Gasteiger partial charge on any atom is 0.226 e. The molecule has 1 saturated carbocycles. The average molecular weight is 274 g/mol. The van der Waals surface area contributed by atoms with E-state index in [1.54, 1.807) is 0 Å². The van der Waals surface area contributed by atoms with Crippen LogP contribution in [0.2, 0.25) is 0 Å². The Morgan fingerprint density at radius 3 is 2.55 bits per heavy atom. The van der Waals surface area contributed by atoms with Gasteiger partial charge in [-0.05, 0) is 37.4 Å². The number of hydrogen-bond acceptors (Lipinski definition) is 2. The van der Waals surface area contributed by atoms with Gasteiger partial charge in [-0.3, -0.25) is 4.79 Å². The first-order valence-corrected chi connectivity index (χ1v) is 7.86. The summed E-state index contributed by atoms with van der Waals surface area (Å²) < 4.78 is 0. The van der Waals surface area contributed by atoms with Crippen molar-refractivity contribution in [3.05, 3.63) is 30.3 Å². The van der Waals surface area contributed by atoms with Crippen molar-refractivity contribution in [1.82, 2.24) is 0 Å². The summed E-state index contributed by atoms with van der Waals surface area (Å²) in [6.07, 6.45) is 7.87. The number of amides is 1. The highest BCUT2D eigenvalue weighted by atomic mass is 16.2. The molecule has 3 heteroatoms. The Bertz CT molecular complexity index is 399. The summed E-state index contributed by atoms with van der Waals surface area (Å²) in [4.78, 5) is 14.4. The molecule has 1 aliphatic carbocycles. The van der Waals surface area contributed by atoms with Crippen LogP contribution in [0, 0.1) is 5.92 Å². The van der Waals surface area contributed by atoms with E-state index in [9.17, 15) is 4.79 Å². The quantitative estimate of drug-likeness (QED) is 0.829. The Hall–Kier alpha value is -1.35. The van der Waals surface area contributed by atoms with E-state index in [0.29, 0.717) is 13.0 Å². The summed E-state index contributed by atoms with van der Waals surface area (Å²) in [5, 5.41) is 0. The van der Waals surface area contributed by atoms with E-state index in [1.807, 2.05) is 35.2 Å². The molecule has 3 nitrogen and oxygen atoms in total. The van der Waals surface area contributed by atoms with E-state index in [0.717, 1.165) is 31.0 Å². The van der Waals surface area contributed by atoms with Gasteiger partial charge in [-0.1, -0.05) is 43.9 Å². The molecule has 110 valence electrons. The lowest BCUT2D eigenvalue weighted by Crippen LogP contribution is -2.33. The monoisotopic (exact) mass is 274 g/mol. The van der Waals surface area contributed by atoms with Crippen molar-refractivity contribution < 1.29 is 4.79 Å². The molecule has 0 spiro atoms. The first kappa shape index (κ1) is 15.0. The molecule has 0 bridgehead atoms. The molecule has 0 heterocycles. The Balaban J connectivity index is 1.92. The van der Waals surface area contributed by atoms with Gasteiger partial charge in [0.15, 0.2) is 0 Å². The van der Waals surface area contributed by atoms with Crippen LogP contribution in [0.15, 0.2) is 30.3 Å². The first-order valence-electron chi connectivity index (χ1n) is 7.86. The van der Waals surface area contributed by atoms with Crippen molar-refractivity contribution in [2.45, 2.75) is 44.9 Å². The van der Waals surface area contributed by atoms with Crippen LogP contribution in [0.1, 0.15) is 44.9 Å². The van der Waals surface area contributed by atoms with Crippen molar-refractivity contribution >= 4 is 11.6 Å². The number of benzene rings is 1. The third kappa shape index (κ3) is 4.34. The Morgan fingerprint density at radius 2 is 1.90 bits per heavy atom. The number of carbonyl (C=O) groups excluding carboxylic acids is 1. The van der Waals surface area contributed by atoms with Crippen molar-refractivity contribution in [3.63, 3.8) is 0 Å². The summed E-state index contributed by atoms with van der Waals surface area (Å²) in [5.74, 6) is 1.02. The molecule has 0 aromatic heterocycles. The fourth-order valence-electron chi connectivity index (χ4n) is 3.02. The van der Waals surface area contributed by atoms with Crippen LogP contribution in [0.5, 0.6) is 0 Å². The van der Waals surface area contributed by atoms with Crippen LogP contribution in [0.3, 0.4) is 0 Å². The maximum atomic E-state index is 12.5. The number of carbonyl (C=O) groups is 1. The predicted molar refractivity (Wildman–Crippen MR) is 83.7 cm³/mol. The molecule has 1 amide bonds. The van der Waals surface area contributed by atoms with Gasteiger partial charge in [0.05, 0.1) is 0 Å². The maximum absolute atomic E-state index is 12.5. The van der Waals surface area contributed by atoms with Gasteiger partial charge in [0.1, 0.15) is 0 Å². The minimum Gasteiger partial charge on any atom is -0.330 e. The SMILES string of the molecule is NCCCN(C(=O)CCC1CCCC1)c1ccccc1. The molecule has 2 N–H and O–H groups in total. The Kier molecular flexibility index (Phi) is 6.06. The standard InChI is InChI=1S/C17H26N2O/c18-13-6-14-19(16-9-2-1-3-10-16)17(20)12-11-15-7-4-5-8-15/h1-3,9-10,15H,4-8,11-14,18H2. The second kappa shape index (κ2) is 8.05. The van der Waals surface area contributed by atoms with Gasteiger partial charge in [-0.15, -0.1) is 0 Å². The van der Waals surface area contributed by atoms with Crippen molar-refractivity contribution in [3.8, 4) is 0 Å². The summed E-state index contributed by atoms with van der Waals surface area (Å²) in [6.45, 7) is 1.35. The topological polar surface area (TPSA) is 46.3 Å². The third-order valence-electron chi connectivity index (χ3n) is 4.20. The molecule has 2 rings (SSSR count). The molecule has 1 aromatic carbocycles. The molecule has 1 aromatic rings. The van der Waals surface area contributed by atoms with Crippen LogP contribution in [0.4, 0.5) is 5.69 Å². The van der Waals surface area contributed by atoms with E-state index < -0.39 is 0 Å². The van der Waals surface area contributed by atoms with E-state index in [4.69, 9.17) is 5.73 Å². The minimum absolute atomic E-state index is 0.247. The van der Waals surface area contributed by atoms with Gasteiger partial charge in [-0.2, -0.15) is 0 Å². The molecule has 1 fully saturated rings. The Labute approximate surface area is 122 Å². The Morgan fingerprint density at radius 1 is 1.20 bits per heavy atom. The molecule has 1 aliphatic rings. The average Bonchev–Trinajstić information content (AvgIpc) is 3.00. The van der Waals surface area contributed by atoms with Gasteiger partial charge in [0.2, 0.25) is 5.91 Å². The van der Waals surface area contributed by atoms with Crippen LogP contribution >= 0.6 is 0 Å². The van der Waals surface area contributed by atoms with Crippen LogP contribution in [-0.4, -0.2) is 19.0 Å². The number of nitrogens with zero attached hydrogens (tertiary/aromatic N) is 1. The summed E-state index contributed by atoms with van der Waals surface area (Å²) in [7, 11) is 0. The highest BCUT2D eigenvalue weighted by molar-refractivity contribution is 5.93. The zero-order valence-electron chi connectivity index (χ0n) is 12.3. The molecule has 0 unspecified atom stereocenters. The summed E-state index contributed by atoms with van der Waals surface area (Å²) >= 11 is 0. The molecular weight excluding hydrogens is 248 g/mol. The second-order valence-corrected chi connectivity index (χ2v) is 5.71. The fraction of sp³-hybridized carbons (Fsp3) is 0.588. The smallest absolute Gasteiger partial charge is 0.226 e. The first-order chi connectivity index (χ1) is 9.81. The number of nitrogens with two attached hydrogens (primary N) is 1. The van der Waals surface area contributed by atoms with Crippen molar-refractivity contribution in [2.75, 3.05) is 18.0 Å². The largest absolute Gasteiger partial charge is 0.330 e. The van der Waals surface area contributed by atoms with Crippen LogP contribution < -0.4 is 10.6 Å². The van der Waals surface area contributed by atoms with Gasteiger partial charge < -0.3 is 10.6 Å². The van der Waals surface area contributed by atoms with Gasteiger partial charge >= 0.3 is 0 Å². The third-order valence-corrected chi connectivity index (χ3v) is 4.20. The fourth-order valence-corrected chi connectivity index (χ4v) is 3.02. The number of anilines is 1. The van der Waals surface area contributed by atoms with Crippen molar-refractivity contribution in [2.24, 2.45) is 11.7 Å². The van der Waals surface area contributed by atoms with Crippen molar-refractivity contribution in [1.29, 1.82) is 0 Å². The lowest BCUT2D eigenvalue weighted by molar-refractivity contribution is -0.118. The number of rotatable bonds is 7. The summed E-state index contributed by atoms with van der Waals surface area (Å²) in [5.41, 5.74) is 6.59. The predicted octanol–water partition coefficient (Wildman–Crippen LogP) is 3.34. The van der Waals surface area contributed by atoms with E-state index in [-0.39, 0.29) is 5.91 Å². The normalized spacial score (nSPS) is 15.4. The number of para-hydroxylation sites is 1. The number of hydrogen-bond donors (Lipinski definition) is 1. The van der Waals surface area contributed by atoms with E-state index in [2.05, 4.69) is 0 Å². The summed E-state index contributed by atoms with van der Waals surface area (Å²) in [6, 6.07) is 9.95. The minimum atomic E-state index is 0.247. The van der Waals surface area contributed by atoms with Crippen LogP contribution in [0.25, 0.3) is 0 Å². The zero-order valence-corrected chi connectivity index (χ0v) is 12.3. The van der Waals surface area contributed by atoms with Crippen LogP contribution in [-0.2, 0) is 4.79 Å². The van der Waals surface area contributed by atoms with E-state index >= 15 is 0 Å². The lowest BCUT2D eigenvalue weighted by Gasteiger charge is -2.23. The highest BCUT2D eigenvalue weighted by Gasteiger charge is 2.19. The molecule has 0 radical (unpaired) electrons. The molecular formula is C17H26N2O. The molecule has 0 atom stereocenters. The van der Waals surface area contributed by atoms with Gasteiger partial charge in [-0.25, -0.2) is 0 Å². The molecule has 20 heavy (non-hydrogen) atoms. The zero-order chi connectivity index (χ0) is 14.2. The lowest BCUT2D eigenvalue weighted by atomic mass is 10.0. The molecule has 0 saturated heterocycles. The van der Waals surface area contributed by atoms with Gasteiger partial charge in [0.25, 0.3) is 0 Å². The van der Waals surface area contributed by atoms with Gasteiger partial charge in [0, 0.05) is 18.7 Å². The second-order valence-electron chi connectivity index (χ2n) is 5.71. The van der Waals surface area contributed by atoms with E-state index in [1.165, 1.54) is 25.7 Å². The molecule has 0 aliphatic heterocycles.